The zero-order chi connectivity index (χ0) is 21.1. The number of hydrogen-bond donors (Lipinski definition) is 1. The van der Waals surface area contributed by atoms with E-state index in [-0.39, 0.29) is 5.91 Å². The zero-order valence-corrected chi connectivity index (χ0v) is 17.8. The number of benzene rings is 2. The first-order valence-corrected chi connectivity index (χ1v) is 10.3. The van der Waals surface area contributed by atoms with Gasteiger partial charge in [0.15, 0.2) is 0 Å². The highest BCUT2D eigenvalue weighted by Gasteiger charge is 2.30. The summed E-state index contributed by atoms with van der Waals surface area (Å²) in [7, 11) is 3.97. The number of nitrogens with zero attached hydrogens (tertiary/aromatic N) is 3. The summed E-state index contributed by atoms with van der Waals surface area (Å²) in [5.41, 5.74) is 4.43. The lowest BCUT2D eigenvalue weighted by Crippen LogP contribution is -2.51. The minimum Gasteiger partial charge on any atom is -0.492 e. The van der Waals surface area contributed by atoms with Crippen LogP contribution in [0.15, 0.2) is 54.7 Å². The minimum atomic E-state index is 0.0756. The Morgan fingerprint density at radius 3 is 2.73 bits per heavy atom. The van der Waals surface area contributed by atoms with Gasteiger partial charge in [0.05, 0.1) is 23.7 Å². The van der Waals surface area contributed by atoms with Crippen LogP contribution < -0.4 is 4.74 Å². The lowest BCUT2D eigenvalue weighted by atomic mass is 10.0. The summed E-state index contributed by atoms with van der Waals surface area (Å²) in [5.74, 6) is 1.25. The van der Waals surface area contributed by atoms with Crippen molar-refractivity contribution < 1.29 is 9.53 Å². The number of likely N-dealkylation sites (tertiary alicyclic amines) is 1. The second kappa shape index (κ2) is 8.71. The predicted molar refractivity (Wildman–Crippen MR) is 120 cm³/mol. The van der Waals surface area contributed by atoms with Crippen molar-refractivity contribution in [3.63, 3.8) is 0 Å². The Kier molecular flexibility index (Phi) is 5.86. The molecule has 1 saturated heterocycles. The van der Waals surface area contributed by atoms with Crippen molar-refractivity contribution in [2.45, 2.75) is 6.92 Å². The molecule has 0 spiro atoms. The first kappa shape index (κ1) is 20.2. The Morgan fingerprint density at radius 2 is 2.00 bits per heavy atom. The lowest BCUT2D eigenvalue weighted by molar-refractivity contribution is -0.132. The van der Waals surface area contributed by atoms with Crippen LogP contribution in [0.4, 0.5) is 0 Å². The van der Waals surface area contributed by atoms with Gasteiger partial charge in [-0.15, -0.1) is 0 Å². The first-order chi connectivity index (χ1) is 14.5. The number of aryl methyl sites for hydroxylation is 1. The maximum Gasteiger partial charge on any atom is 0.246 e. The molecule has 1 aromatic heterocycles. The molecule has 3 aromatic rings. The summed E-state index contributed by atoms with van der Waals surface area (Å²) >= 11 is 0. The maximum atomic E-state index is 12.2. The van der Waals surface area contributed by atoms with E-state index in [1.807, 2.05) is 30.0 Å². The van der Waals surface area contributed by atoms with E-state index in [1.165, 1.54) is 5.56 Å². The molecule has 2 heterocycles. The van der Waals surface area contributed by atoms with Crippen LogP contribution in [0, 0.1) is 12.8 Å². The van der Waals surface area contributed by atoms with E-state index in [0.29, 0.717) is 12.5 Å². The molecule has 1 aliphatic heterocycles. The number of likely N-dealkylation sites (N-methyl/N-ethyl adjacent to an activating group) is 1. The third-order valence-corrected chi connectivity index (χ3v) is 5.38. The van der Waals surface area contributed by atoms with Crippen LogP contribution >= 0.6 is 0 Å². The second-order valence-electron chi connectivity index (χ2n) is 8.26. The quantitative estimate of drug-likeness (QED) is 0.613. The standard InChI is InChI=1S/C24H28N4O2/c1-17-6-8-19(9-7-17)20-11-22-21(13-25-26-22)23(12-20)30-16-18-14-28(15-18)24(29)5-4-10-27(2)3/h4-9,11-13,18H,10,14-16H2,1-3H3,(H,25,26)/b5-4+. The molecule has 0 bridgehead atoms. The zero-order valence-electron chi connectivity index (χ0n) is 17.8. The fourth-order valence-corrected chi connectivity index (χ4v) is 3.58. The van der Waals surface area contributed by atoms with Crippen LogP contribution in [0.25, 0.3) is 22.0 Å². The molecule has 6 heteroatoms. The average molecular weight is 405 g/mol. The molecule has 6 nitrogen and oxygen atoms in total. The molecule has 0 saturated carbocycles. The van der Waals surface area contributed by atoms with Gasteiger partial charge in [0.2, 0.25) is 5.91 Å². The number of fused-ring (bicyclic) bond motifs is 1. The van der Waals surface area contributed by atoms with Gasteiger partial charge in [-0.1, -0.05) is 35.9 Å². The number of aromatic amines is 1. The summed E-state index contributed by atoms with van der Waals surface area (Å²) in [6, 6.07) is 12.6. The van der Waals surface area contributed by atoms with Crippen molar-refractivity contribution in [3.05, 3.63) is 60.3 Å². The van der Waals surface area contributed by atoms with Gasteiger partial charge < -0.3 is 14.5 Å². The number of H-pyrrole nitrogens is 1. The van der Waals surface area contributed by atoms with E-state index in [0.717, 1.165) is 47.4 Å². The molecule has 0 radical (unpaired) electrons. The molecule has 30 heavy (non-hydrogen) atoms. The molecule has 4 rings (SSSR count). The van der Waals surface area contributed by atoms with E-state index < -0.39 is 0 Å². The normalized spacial score (nSPS) is 14.6. The van der Waals surface area contributed by atoms with E-state index >= 15 is 0 Å². The smallest absolute Gasteiger partial charge is 0.246 e. The maximum absolute atomic E-state index is 12.2. The summed E-state index contributed by atoms with van der Waals surface area (Å²) < 4.78 is 6.19. The Bertz CT molecular complexity index is 1050. The number of rotatable bonds is 7. The Morgan fingerprint density at radius 1 is 1.23 bits per heavy atom. The van der Waals surface area contributed by atoms with E-state index in [2.05, 4.69) is 53.5 Å². The molecule has 1 aliphatic rings. The van der Waals surface area contributed by atoms with Gasteiger partial charge in [0, 0.05) is 31.6 Å². The Balaban J connectivity index is 1.39. The molecule has 156 valence electrons. The van der Waals surface area contributed by atoms with Crippen LogP contribution in [0.3, 0.4) is 0 Å². The SMILES string of the molecule is Cc1ccc(-c2cc(OCC3CN(C(=O)/C=C/CN(C)C)C3)c3cn[nH]c3c2)cc1. The van der Waals surface area contributed by atoms with E-state index in [1.54, 1.807) is 12.3 Å². The van der Waals surface area contributed by atoms with Gasteiger partial charge in [-0.25, -0.2) is 0 Å². The molecule has 0 unspecified atom stereocenters. The van der Waals surface area contributed by atoms with Gasteiger partial charge in [-0.3, -0.25) is 9.89 Å². The molecule has 2 aromatic carbocycles. The van der Waals surface area contributed by atoms with Gasteiger partial charge in [0.1, 0.15) is 5.75 Å². The first-order valence-electron chi connectivity index (χ1n) is 10.3. The Labute approximate surface area is 177 Å². The second-order valence-corrected chi connectivity index (χ2v) is 8.26. The number of hydrogen-bond acceptors (Lipinski definition) is 4. The molecular formula is C24H28N4O2. The number of aromatic nitrogens is 2. The third-order valence-electron chi connectivity index (χ3n) is 5.38. The number of amides is 1. The largest absolute Gasteiger partial charge is 0.492 e. The van der Waals surface area contributed by atoms with E-state index in [4.69, 9.17) is 4.74 Å². The van der Waals surface area contributed by atoms with Crippen LogP contribution in [-0.2, 0) is 4.79 Å². The summed E-state index contributed by atoms with van der Waals surface area (Å²) in [6.45, 7) is 4.91. The van der Waals surface area contributed by atoms with E-state index in [9.17, 15) is 4.79 Å². The summed E-state index contributed by atoms with van der Waals surface area (Å²) in [5, 5.41) is 8.21. The highest BCUT2D eigenvalue weighted by atomic mass is 16.5. The predicted octanol–water partition coefficient (Wildman–Crippen LogP) is 3.49. The monoisotopic (exact) mass is 404 g/mol. The topological polar surface area (TPSA) is 61.5 Å². The van der Waals surface area contributed by atoms with Crippen molar-refractivity contribution in [1.29, 1.82) is 0 Å². The molecule has 1 N–H and O–H groups in total. The minimum absolute atomic E-state index is 0.0756. The highest BCUT2D eigenvalue weighted by Crippen LogP contribution is 2.32. The Hall–Kier alpha value is -3.12. The number of carbonyl (C=O) groups is 1. The van der Waals surface area contributed by atoms with Crippen molar-refractivity contribution in [3.8, 4) is 16.9 Å². The molecular weight excluding hydrogens is 376 g/mol. The highest BCUT2D eigenvalue weighted by molar-refractivity contribution is 5.90. The van der Waals surface area contributed by atoms with Crippen LogP contribution in [0.2, 0.25) is 0 Å². The van der Waals surface area contributed by atoms with Crippen molar-refractivity contribution in [1.82, 2.24) is 20.0 Å². The van der Waals surface area contributed by atoms with Gasteiger partial charge in [-0.05, 0) is 44.3 Å². The van der Waals surface area contributed by atoms with Crippen molar-refractivity contribution in [2.24, 2.45) is 5.92 Å². The number of nitrogens with one attached hydrogen (secondary N) is 1. The van der Waals surface area contributed by atoms with Gasteiger partial charge >= 0.3 is 0 Å². The fourth-order valence-electron chi connectivity index (χ4n) is 3.58. The lowest BCUT2D eigenvalue weighted by Gasteiger charge is -2.38. The third kappa shape index (κ3) is 4.54. The fraction of sp³-hybridized carbons (Fsp3) is 0.333. The number of carbonyl (C=O) groups excluding carboxylic acids is 1. The molecule has 0 atom stereocenters. The van der Waals surface area contributed by atoms with Crippen molar-refractivity contribution in [2.75, 3.05) is 40.3 Å². The number of ether oxygens (including phenoxy) is 1. The summed E-state index contributed by atoms with van der Waals surface area (Å²) in [6.07, 6.45) is 5.37. The molecule has 0 aliphatic carbocycles. The van der Waals surface area contributed by atoms with Crippen LogP contribution in [-0.4, -0.2) is 66.2 Å². The molecule has 1 amide bonds. The van der Waals surface area contributed by atoms with Crippen LogP contribution in [0.5, 0.6) is 5.75 Å². The molecule has 1 fully saturated rings. The average Bonchev–Trinajstić information content (AvgIpc) is 3.15. The van der Waals surface area contributed by atoms with Crippen molar-refractivity contribution >= 4 is 16.8 Å². The summed E-state index contributed by atoms with van der Waals surface area (Å²) in [4.78, 5) is 16.0. The van der Waals surface area contributed by atoms with Gasteiger partial charge in [-0.2, -0.15) is 5.10 Å². The van der Waals surface area contributed by atoms with Crippen LogP contribution in [0.1, 0.15) is 5.56 Å². The van der Waals surface area contributed by atoms with Gasteiger partial charge in [0.25, 0.3) is 0 Å².